The number of rotatable bonds is 7. The molecule has 0 unspecified atom stereocenters. The van der Waals surface area contributed by atoms with Gasteiger partial charge in [-0.1, -0.05) is 26.2 Å². The summed E-state index contributed by atoms with van der Waals surface area (Å²) in [6.07, 6.45) is 4.71. The molecule has 1 heterocycles. The molecular weight excluding hydrogens is 198 g/mol. The maximum absolute atomic E-state index is 11.1. The topological polar surface area (TPSA) is 55.8 Å². The maximum Gasteiger partial charge on any atom is 0.256 e. The van der Waals surface area contributed by atoms with Crippen LogP contribution in [0.2, 0.25) is 0 Å². The largest absolute Gasteiger partial charge is 0.272 e. The van der Waals surface area contributed by atoms with Gasteiger partial charge in [-0.3, -0.25) is 9.59 Å². The lowest BCUT2D eigenvalue weighted by Gasteiger charge is -2.10. The van der Waals surface area contributed by atoms with Gasteiger partial charge in [0.05, 0.1) is 6.61 Å². The first-order chi connectivity index (χ1) is 7.25. The number of nitrogens with zero attached hydrogens (tertiary/aromatic N) is 1. The predicted octanol–water partition coefficient (Wildman–Crippen LogP) is 1.58. The number of imide groups is 1. The van der Waals surface area contributed by atoms with Crippen LogP contribution in [0, 0.1) is 0 Å². The molecule has 5 heteroatoms. The highest BCUT2D eigenvalue weighted by Gasteiger charge is 2.31. The summed E-state index contributed by atoms with van der Waals surface area (Å²) >= 11 is 0. The Kier molecular flexibility index (Phi) is 5.28. The van der Waals surface area contributed by atoms with Crippen molar-refractivity contribution >= 4 is 11.8 Å². The van der Waals surface area contributed by atoms with Gasteiger partial charge in [0.25, 0.3) is 11.8 Å². The van der Waals surface area contributed by atoms with Crippen molar-refractivity contribution in [1.82, 2.24) is 5.06 Å². The molecule has 0 bridgehead atoms. The molecule has 0 aromatic rings. The van der Waals surface area contributed by atoms with Gasteiger partial charge in [-0.2, -0.15) is 0 Å². The molecule has 1 aliphatic rings. The van der Waals surface area contributed by atoms with E-state index in [1.54, 1.807) is 0 Å². The standard InChI is InChI=1S/C10H17NO4/c1-2-3-4-5-8-14-15-11-9(12)6-7-10(11)13/h2-8H2,1H3. The average molecular weight is 215 g/mol. The Hall–Kier alpha value is -0.940. The molecule has 0 atom stereocenters. The minimum atomic E-state index is -0.325. The minimum absolute atomic E-state index is 0.220. The van der Waals surface area contributed by atoms with Crippen molar-refractivity contribution in [2.45, 2.75) is 45.4 Å². The third kappa shape index (κ3) is 3.97. The minimum Gasteiger partial charge on any atom is -0.272 e. The summed E-state index contributed by atoms with van der Waals surface area (Å²) in [7, 11) is 0. The fourth-order valence-corrected chi connectivity index (χ4v) is 1.32. The van der Waals surface area contributed by atoms with E-state index in [-0.39, 0.29) is 24.7 Å². The molecule has 0 N–H and O–H groups in total. The summed E-state index contributed by atoms with van der Waals surface area (Å²) < 4.78 is 0. The number of carbonyl (C=O) groups excluding carboxylic acids is 2. The molecule has 2 amide bonds. The van der Waals surface area contributed by atoms with Gasteiger partial charge in [0.1, 0.15) is 0 Å². The lowest BCUT2D eigenvalue weighted by molar-refractivity contribution is -0.393. The molecule has 1 saturated heterocycles. The summed E-state index contributed by atoms with van der Waals surface area (Å²) in [4.78, 5) is 31.5. The van der Waals surface area contributed by atoms with Crippen LogP contribution in [0.25, 0.3) is 0 Å². The number of unbranched alkanes of at least 4 members (excludes halogenated alkanes) is 3. The Labute approximate surface area is 89.2 Å². The zero-order valence-electron chi connectivity index (χ0n) is 9.03. The van der Waals surface area contributed by atoms with E-state index in [4.69, 9.17) is 4.89 Å². The molecule has 15 heavy (non-hydrogen) atoms. The van der Waals surface area contributed by atoms with Gasteiger partial charge in [-0.05, 0) is 6.42 Å². The van der Waals surface area contributed by atoms with Crippen molar-refractivity contribution in [2.24, 2.45) is 0 Å². The molecule has 5 nitrogen and oxygen atoms in total. The van der Waals surface area contributed by atoms with Gasteiger partial charge in [-0.25, -0.2) is 4.89 Å². The second kappa shape index (κ2) is 6.53. The number of amides is 2. The van der Waals surface area contributed by atoms with Crippen molar-refractivity contribution in [3.63, 3.8) is 0 Å². The smallest absolute Gasteiger partial charge is 0.256 e. The Bertz CT molecular complexity index is 213. The number of hydrogen-bond acceptors (Lipinski definition) is 4. The Morgan fingerprint density at radius 2 is 1.80 bits per heavy atom. The van der Waals surface area contributed by atoms with E-state index >= 15 is 0 Å². The van der Waals surface area contributed by atoms with Crippen molar-refractivity contribution in [3.8, 4) is 0 Å². The van der Waals surface area contributed by atoms with Crippen LogP contribution in [0.3, 0.4) is 0 Å². The third-order valence-corrected chi connectivity index (χ3v) is 2.21. The van der Waals surface area contributed by atoms with Crippen LogP contribution in [-0.4, -0.2) is 23.5 Å². The van der Waals surface area contributed by atoms with Gasteiger partial charge < -0.3 is 0 Å². The van der Waals surface area contributed by atoms with Crippen molar-refractivity contribution in [3.05, 3.63) is 0 Å². The highest BCUT2D eigenvalue weighted by Crippen LogP contribution is 2.12. The third-order valence-electron chi connectivity index (χ3n) is 2.21. The van der Waals surface area contributed by atoms with Gasteiger partial charge in [-0.15, -0.1) is 10.1 Å². The molecular formula is C10H17NO4. The van der Waals surface area contributed by atoms with Crippen LogP contribution in [-0.2, 0) is 19.5 Å². The molecule has 0 radical (unpaired) electrons. The Morgan fingerprint density at radius 3 is 2.40 bits per heavy atom. The average Bonchev–Trinajstić information content (AvgIpc) is 2.54. The quantitative estimate of drug-likeness (QED) is 0.280. The van der Waals surface area contributed by atoms with Crippen LogP contribution in [0.1, 0.15) is 45.4 Å². The molecule has 0 saturated carbocycles. The van der Waals surface area contributed by atoms with Gasteiger partial charge in [0.15, 0.2) is 0 Å². The molecule has 86 valence electrons. The van der Waals surface area contributed by atoms with Gasteiger partial charge in [0, 0.05) is 12.8 Å². The highest BCUT2D eigenvalue weighted by atomic mass is 17.3. The van der Waals surface area contributed by atoms with E-state index in [0.717, 1.165) is 25.7 Å². The van der Waals surface area contributed by atoms with E-state index in [1.807, 2.05) is 0 Å². The summed E-state index contributed by atoms with van der Waals surface area (Å²) in [6, 6.07) is 0. The van der Waals surface area contributed by atoms with Gasteiger partial charge in [0.2, 0.25) is 0 Å². The zero-order chi connectivity index (χ0) is 11.1. The van der Waals surface area contributed by atoms with Crippen LogP contribution in [0.4, 0.5) is 0 Å². The first-order valence-corrected chi connectivity index (χ1v) is 5.41. The van der Waals surface area contributed by atoms with Gasteiger partial charge >= 0.3 is 0 Å². The monoisotopic (exact) mass is 215 g/mol. The van der Waals surface area contributed by atoms with Crippen LogP contribution >= 0.6 is 0 Å². The SMILES string of the molecule is CCCCCCOON1C(=O)CCC1=O. The normalized spacial score (nSPS) is 16.5. The fraction of sp³-hybridized carbons (Fsp3) is 0.800. The van der Waals surface area contributed by atoms with Crippen molar-refractivity contribution in [1.29, 1.82) is 0 Å². The molecule has 1 aliphatic heterocycles. The van der Waals surface area contributed by atoms with E-state index in [2.05, 4.69) is 11.9 Å². The van der Waals surface area contributed by atoms with Crippen LogP contribution in [0.5, 0.6) is 0 Å². The number of hydroxylamine groups is 2. The number of hydrogen-bond donors (Lipinski definition) is 0. The van der Waals surface area contributed by atoms with Crippen molar-refractivity contribution in [2.75, 3.05) is 6.61 Å². The summed E-state index contributed by atoms with van der Waals surface area (Å²) in [5, 5.41) is 0.708. The fourth-order valence-electron chi connectivity index (χ4n) is 1.32. The lowest BCUT2D eigenvalue weighted by Crippen LogP contribution is -2.29. The van der Waals surface area contributed by atoms with Crippen LogP contribution < -0.4 is 0 Å². The predicted molar refractivity (Wildman–Crippen MR) is 52.3 cm³/mol. The molecule has 0 aromatic heterocycles. The molecule has 0 aliphatic carbocycles. The maximum atomic E-state index is 11.1. The summed E-state index contributed by atoms with van der Waals surface area (Å²) in [5.74, 6) is -0.651. The first-order valence-electron chi connectivity index (χ1n) is 5.41. The van der Waals surface area contributed by atoms with E-state index in [9.17, 15) is 9.59 Å². The summed E-state index contributed by atoms with van der Waals surface area (Å²) in [6.45, 7) is 2.54. The second-order valence-corrected chi connectivity index (χ2v) is 3.54. The molecule has 0 aromatic carbocycles. The molecule has 0 spiro atoms. The molecule has 1 rings (SSSR count). The van der Waals surface area contributed by atoms with E-state index in [0.29, 0.717) is 11.7 Å². The zero-order valence-corrected chi connectivity index (χ0v) is 9.03. The van der Waals surface area contributed by atoms with Crippen LogP contribution in [0.15, 0.2) is 0 Å². The first kappa shape index (κ1) is 12.1. The lowest BCUT2D eigenvalue weighted by atomic mass is 10.2. The van der Waals surface area contributed by atoms with Crippen molar-refractivity contribution < 1.29 is 19.5 Å². The van der Waals surface area contributed by atoms with E-state index < -0.39 is 0 Å². The summed E-state index contributed by atoms with van der Waals surface area (Å²) in [5.41, 5.74) is 0. The second-order valence-electron chi connectivity index (χ2n) is 3.54. The molecule has 1 fully saturated rings. The van der Waals surface area contributed by atoms with E-state index in [1.165, 1.54) is 0 Å². The Balaban J connectivity index is 2.04. The number of carbonyl (C=O) groups is 2. The Morgan fingerprint density at radius 1 is 1.13 bits per heavy atom. The highest BCUT2D eigenvalue weighted by molar-refractivity contribution is 6.00.